The Morgan fingerprint density at radius 3 is 1.34 bits per heavy atom. The Hall–Kier alpha value is -2.03. The third-order valence-electron chi connectivity index (χ3n) is 11.0. The molecule has 0 aromatic heterocycles. The highest BCUT2D eigenvalue weighted by Crippen LogP contribution is 2.42. The van der Waals surface area contributed by atoms with E-state index in [1.165, 1.54) is 148 Å². The van der Waals surface area contributed by atoms with Crippen LogP contribution in [0.4, 0.5) is 0 Å². The van der Waals surface area contributed by atoms with Gasteiger partial charge in [0.05, 0.1) is 13.2 Å². The summed E-state index contributed by atoms with van der Waals surface area (Å²) >= 11 is 0. The Bertz CT molecular complexity index is 1160. The van der Waals surface area contributed by atoms with Crippen molar-refractivity contribution in [2.75, 3.05) is 26.4 Å². The zero-order chi connectivity index (χ0) is 45.3. The van der Waals surface area contributed by atoms with Crippen LogP contribution in [-0.2, 0) is 27.9 Å². The van der Waals surface area contributed by atoms with Crippen molar-refractivity contribution in [1.29, 1.82) is 0 Å². The first kappa shape index (κ1) is 60.0. The van der Waals surface area contributed by atoms with Gasteiger partial charge in [0.1, 0.15) is 12.7 Å². The summed E-state index contributed by atoms with van der Waals surface area (Å²) in [6.07, 6.45) is 57.7. The molecule has 362 valence electrons. The second kappa shape index (κ2) is 48.4. The van der Waals surface area contributed by atoms with Crippen molar-refractivity contribution in [3.05, 3.63) is 48.6 Å². The maximum absolute atomic E-state index is 12.1. The fourth-order valence-electron chi connectivity index (χ4n) is 7.13. The second-order valence-corrected chi connectivity index (χ2v) is 18.6. The molecule has 10 heteroatoms. The number of aliphatic hydroxyl groups is 1. The predicted molar refractivity (Wildman–Crippen MR) is 261 cm³/mol. The highest BCUT2D eigenvalue weighted by Gasteiger charge is 2.23. The van der Waals surface area contributed by atoms with E-state index in [1.54, 1.807) is 0 Å². The lowest BCUT2D eigenvalue weighted by Gasteiger charge is -2.15. The third-order valence-corrected chi connectivity index (χ3v) is 12.0. The van der Waals surface area contributed by atoms with Crippen molar-refractivity contribution < 1.29 is 37.9 Å². The van der Waals surface area contributed by atoms with E-state index in [9.17, 15) is 24.2 Å². The minimum Gasteiger partial charge on any atom is -0.463 e. The van der Waals surface area contributed by atoms with Crippen LogP contribution < -0.4 is 5.32 Å². The maximum atomic E-state index is 12.1. The predicted octanol–water partition coefficient (Wildman–Crippen LogP) is 15.1. The second-order valence-electron chi connectivity index (χ2n) is 17.1. The summed E-state index contributed by atoms with van der Waals surface area (Å²) in [6, 6.07) is 0. The van der Waals surface area contributed by atoms with Crippen molar-refractivity contribution in [1.82, 2.24) is 5.32 Å². The monoisotopic (exact) mass is 894 g/mol. The third kappa shape index (κ3) is 49.0. The van der Waals surface area contributed by atoms with Gasteiger partial charge in [-0.3, -0.25) is 18.6 Å². The molecular formula is C52H96NO8P. The molecule has 0 bridgehead atoms. The molecule has 0 fully saturated rings. The molecule has 0 heterocycles. The fourth-order valence-corrected chi connectivity index (χ4v) is 7.89. The number of unbranched alkanes of at least 4 members (excludes halogenated alkanes) is 27. The molecule has 0 spiro atoms. The van der Waals surface area contributed by atoms with Gasteiger partial charge in [-0.25, -0.2) is 4.57 Å². The molecule has 2 atom stereocenters. The van der Waals surface area contributed by atoms with Gasteiger partial charge in [-0.05, 0) is 57.8 Å². The van der Waals surface area contributed by atoms with Crippen LogP contribution in [0.15, 0.2) is 48.6 Å². The molecule has 9 nitrogen and oxygen atoms in total. The summed E-state index contributed by atoms with van der Waals surface area (Å²) < 4.78 is 27.0. The number of phosphoric ester groups is 1. The molecule has 2 unspecified atom stereocenters. The van der Waals surface area contributed by atoms with E-state index in [2.05, 4.69) is 67.8 Å². The standard InChI is InChI=1S/C52H96NO8P/c1-3-5-7-9-11-13-15-17-19-21-23-24-25-27-28-30-32-34-36-38-40-42-44-51(55)53-46-47-60-62(57,58)61-49-50(54)48-59-52(56)45-43-41-39-37-35-33-31-29-26-22-20-18-16-14-12-10-8-6-4-2/h12,14,18,20,26,29,33,35,50,54H,3-11,13,15-17,19,21-25,27-28,30-32,34,36-49H2,1-2H3,(H,53,55)(H,57,58)/b14-12-,20-18-,29-26-,35-33-. The van der Waals surface area contributed by atoms with Gasteiger partial charge in [-0.1, -0.05) is 217 Å². The van der Waals surface area contributed by atoms with Crippen LogP contribution in [0.25, 0.3) is 0 Å². The fraction of sp³-hybridized carbons (Fsp3) is 0.808. The van der Waals surface area contributed by atoms with Crippen LogP contribution >= 0.6 is 7.82 Å². The molecule has 0 aliphatic rings. The molecular weight excluding hydrogens is 798 g/mol. The number of rotatable bonds is 48. The summed E-state index contributed by atoms with van der Waals surface area (Å²) in [6.45, 7) is 3.52. The SMILES string of the molecule is CCCCC/C=C\C/C=C\C/C=C\C/C=C\CCCCCC(=O)OCC(O)COP(=O)(O)OCCNC(=O)CCCCCCCCCCCCCCCCCCCCCCCC. The minimum absolute atomic E-state index is 0.0791. The first-order valence-corrected chi connectivity index (χ1v) is 27.1. The number of esters is 1. The van der Waals surface area contributed by atoms with E-state index in [-0.39, 0.29) is 32.1 Å². The van der Waals surface area contributed by atoms with Gasteiger partial charge in [-0.2, -0.15) is 0 Å². The lowest BCUT2D eigenvalue weighted by Crippen LogP contribution is -2.27. The number of aliphatic hydroxyl groups excluding tert-OH is 1. The number of phosphoric acid groups is 1. The minimum atomic E-state index is -4.43. The Balaban J connectivity index is 3.58. The number of hydrogen-bond acceptors (Lipinski definition) is 7. The van der Waals surface area contributed by atoms with Crippen molar-refractivity contribution in [2.24, 2.45) is 0 Å². The van der Waals surface area contributed by atoms with Crippen molar-refractivity contribution >= 4 is 19.7 Å². The molecule has 3 N–H and O–H groups in total. The molecule has 0 aliphatic carbocycles. The van der Waals surface area contributed by atoms with Gasteiger partial charge in [-0.15, -0.1) is 0 Å². The van der Waals surface area contributed by atoms with Gasteiger partial charge in [0, 0.05) is 19.4 Å². The number of amides is 1. The largest absolute Gasteiger partial charge is 0.472 e. The van der Waals surface area contributed by atoms with E-state index in [1.807, 2.05) is 0 Å². The van der Waals surface area contributed by atoms with Crippen molar-refractivity contribution in [3.8, 4) is 0 Å². The smallest absolute Gasteiger partial charge is 0.463 e. The average Bonchev–Trinajstić information content (AvgIpc) is 3.26. The summed E-state index contributed by atoms with van der Waals surface area (Å²) in [5, 5.41) is 12.7. The van der Waals surface area contributed by atoms with E-state index in [4.69, 9.17) is 13.8 Å². The van der Waals surface area contributed by atoms with Gasteiger partial charge in [0.15, 0.2) is 0 Å². The normalized spacial score (nSPS) is 13.5. The molecule has 0 aromatic rings. The summed E-state index contributed by atoms with van der Waals surface area (Å²) in [7, 11) is -4.43. The van der Waals surface area contributed by atoms with E-state index >= 15 is 0 Å². The topological polar surface area (TPSA) is 131 Å². The summed E-state index contributed by atoms with van der Waals surface area (Å²) in [5.41, 5.74) is 0. The van der Waals surface area contributed by atoms with Crippen LogP contribution in [0.1, 0.15) is 239 Å². The van der Waals surface area contributed by atoms with Crippen LogP contribution in [0.2, 0.25) is 0 Å². The molecule has 1 amide bonds. The quantitative estimate of drug-likeness (QED) is 0.0238. The lowest BCUT2D eigenvalue weighted by molar-refractivity contribution is -0.147. The Labute approximate surface area is 381 Å². The number of carbonyl (C=O) groups is 2. The molecule has 0 radical (unpaired) electrons. The van der Waals surface area contributed by atoms with Gasteiger partial charge >= 0.3 is 13.8 Å². The van der Waals surface area contributed by atoms with E-state index < -0.39 is 26.5 Å². The zero-order valence-corrected chi connectivity index (χ0v) is 41.0. The first-order valence-electron chi connectivity index (χ1n) is 25.6. The first-order chi connectivity index (χ1) is 30.3. The number of nitrogens with one attached hydrogen (secondary N) is 1. The van der Waals surface area contributed by atoms with Crippen molar-refractivity contribution in [3.63, 3.8) is 0 Å². The molecule has 0 saturated carbocycles. The average molecular weight is 894 g/mol. The molecule has 62 heavy (non-hydrogen) atoms. The van der Waals surface area contributed by atoms with Crippen LogP contribution in [0, 0.1) is 0 Å². The molecule has 0 aliphatic heterocycles. The highest BCUT2D eigenvalue weighted by molar-refractivity contribution is 7.47. The van der Waals surface area contributed by atoms with E-state index in [0.717, 1.165) is 57.8 Å². The highest BCUT2D eigenvalue weighted by atomic mass is 31.2. The molecule has 0 saturated heterocycles. The van der Waals surface area contributed by atoms with Gasteiger partial charge in [0.25, 0.3) is 0 Å². The Kier molecular flexibility index (Phi) is 46.8. The van der Waals surface area contributed by atoms with Gasteiger partial charge < -0.3 is 20.1 Å². The number of carbonyl (C=O) groups excluding carboxylic acids is 2. The van der Waals surface area contributed by atoms with E-state index in [0.29, 0.717) is 12.8 Å². The summed E-state index contributed by atoms with van der Waals surface area (Å²) in [5.74, 6) is -0.541. The van der Waals surface area contributed by atoms with Crippen LogP contribution in [-0.4, -0.2) is 54.3 Å². The number of ether oxygens (including phenoxy) is 1. The number of hydrogen-bond donors (Lipinski definition) is 3. The molecule has 0 aromatic carbocycles. The lowest BCUT2D eigenvalue weighted by atomic mass is 10.0. The Morgan fingerprint density at radius 1 is 0.500 bits per heavy atom. The molecule has 0 rings (SSSR count). The number of allylic oxidation sites excluding steroid dienone is 8. The zero-order valence-electron chi connectivity index (χ0n) is 40.1. The van der Waals surface area contributed by atoms with Gasteiger partial charge in [0.2, 0.25) is 5.91 Å². The summed E-state index contributed by atoms with van der Waals surface area (Å²) in [4.78, 5) is 34.0. The maximum Gasteiger partial charge on any atom is 0.472 e. The van der Waals surface area contributed by atoms with Crippen LogP contribution in [0.3, 0.4) is 0 Å². The Morgan fingerprint density at radius 2 is 0.871 bits per heavy atom. The van der Waals surface area contributed by atoms with Crippen molar-refractivity contribution in [2.45, 2.75) is 245 Å². The van der Waals surface area contributed by atoms with Crippen LogP contribution in [0.5, 0.6) is 0 Å².